The third-order valence-electron chi connectivity index (χ3n) is 4.79. The minimum atomic E-state index is -0.476. The van der Waals surface area contributed by atoms with Crippen LogP contribution in [0.5, 0.6) is 0 Å². The summed E-state index contributed by atoms with van der Waals surface area (Å²) in [6, 6.07) is 15.1. The van der Waals surface area contributed by atoms with E-state index in [-0.39, 0.29) is 29.9 Å². The molecule has 0 aliphatic heterocycles. The van der Waals surface area contributed by atoms with Crippen LogP contribution in [-0.2, 0) is 4.79 Å². The Morgan fingerprint density at radius 3 is 2.41 bits per heavy atom. The number of benzene rings is 2. The number of hydrogen-bond donors (Lipinski definition) is 2. The van der Waals surface area contributed by atoms with Crippen molar-refractivity contribution in [3.05, 3.63) is 91.2 Å². The highest BCUT2D eigenvalue weighted by Crippen LogP contribution is 2.28. The van der Waals surface area contributed by atoms with Crippen molar-refractivity contribution in [2.45, 2.75) is 26.8 Å². The van der Waals surface area contributed by atoms with Crippen LogP contribution in [0.3, 0.4) is 0 Å². The van der Waals surface area contributed by atoms with Crippen LogP contribution in [0.25, 0.3) is 0 Å². The maximum absolute atomic E-state index is 12.6. The number of thiophene rings is 1. The average Bonchev–Trinajstić information content (AvgIpc) is 3.20. The van der Waals surface area contributed by atoms with Gasteiger partial charge in [0.1, 0.15) is 5.69 Å². The van der Waals surface area contributed by atoms with Gasteiger partial charge in [0.25, 0.3) is 5.69 Å². The molecule has 1 amide bonds. The minimum Gasteiger partial charge on any atom is -0.319 e. The first kappa shape index (κ1) is 20.7. The Labute approximate surface area is 173 Å². The van der Waals surface area contributed by atoms with Gasteiger partial charge in [-0.2, -0.15) is 0 Å². The molecule has 0 bridgehead atoms. The van der Waals surface area contributed by atoms with E-state index in [1.54, 1.807) is 17.4 Å². The fourth-order valence-corrected chi connectivity index (χ4v) is 3.87. The fraction of sp³-hybridized carbons (Fsp3) is 0.227. The zero-order valence-electron chi connectivity index (χ0n) is 16.6. The maximum atomic E-state index is 12.6. The number of carbonyl (C=O) groups excluding carboxylic acids is 1. The van der Waals surface area contributed by atoms with Gasteiger partial charge in [-0.05, 0) is 55.0 Å². The predicted molar refractivity (Wildman–Crippen MR) is 117 cm³/mol. The minimum absolute atomic E-state index is 0.0283. The van der Waals surface area contributed by atoms with E-state index < -0.39 is 4.92 Å². The second-order valence-electron chi connectivity index (χ2n) is 7.00. The summed E-state index contributed by atoms with van der Waals surface area (Å²) in [5, 5.41) is 19.3. The van der Waals surface area contributed by atoms with Crippen LogP contribution < -0.4 is 10.6 Å². The van der Waals surface area contributed by atoms with Crippen molar-refractivity contribution in [1.82, 2.24) is 5.32 Å². The summed E-state index contributed by atoms with van der Waals surface area (Å²) in [4.78, 5) is 24.5. The summed E-state index contributed by atoms with van der Waals surface area (Å²) in [7, 11) is 0. The maximum Gasteiger partial charge on any atom is 0.293 e. The molecule has 29 heavy (non-hydrogen) atoms. The van der Waals surface area contributed by atoms with Gasteiger partial charge in [-0.25, -0.2) is 0 Å². The smallest absolute Gasteiger partial charge is 0.293 e. The number of nitrogens with one attached hydrogen (secondary N) is 2. The summed E-state index contributed by atoms with van der Waals surface area (Å²) >= 11 is 1.61. The van der Waals surface area contributed by atoms with Gasteiger partial charge in [-0.15, -0.1) is 11.3 Å². The molecule has 7 heteroatoms. The number of nitro benzene ring substituents is 1. The molecule has 3 aromatic rings. The molecule has 150 valence electrons. The lowest BCUT2D eigenvalue weighted by molar-refractivity contribution is -0.384. The number of amides is 1. The second-order valence-corrected chi connectivity index (χ2v) is 7.98. The van der Waals surface area contributed by atoms with Crippen LogP contribution in [0.2, 0.25) is 0 Å². The van der Waals surface area contributed by atoms with Crippen LogP contribution >= 0.6 is 11.3 Å². The molecule has 0 saturated carbocycles. The topological polar surface area (TPSA) is 84.3 Å². The number of anilines is 1. The lowest BCUT2D eigenvalue weighted by Gasteiger charge is -2.18. The van der Waals surface area contributed by atoms with Crippen molar-refractivity contribution in [3.63, 3.8) is 0 Å². The van der Waals surface area contributed by atoms with E-state index in [1.807, 2.05) is 62.5 Å². The Balaban J connectivity index is 1.75. The van der Waals surface area contributed by atoms with Crippen LogP contribution in [0.1, 0.15) is 33.2 Å². The Bertz CT molecular complexity index is 1010. The van der Waals surface area contributed by atoms with Crippen LogP contribution in [-0.4, -0.2) is 17.4 Å². The molecule has 0 fully saturated rings. The molecule has 0 saturated heterocycles. The van der Waals surface area contributed by atoms with E-state index in [2.05, 4.69) is 10.6 Å². The van der Waals surface area contributed by atoms with E-state index in [9.17, 15) is 14.9 Å². The van der Waals surface area contributed by atoms with Crippen LogP contribution in [0, 0.1) is 30.9 Å². The van der Waals surface area contributed by atoms with Gasteiger partial charge in [-0.1, -0.05) is 35.9 Å². The largest absolute Gasteiger partial charge is 0.319 e. The van der Waals surface area contributed by atoms with Gasteiger partial charge in [0, 0.05) is 10.9 Å². The zero-order chi connectivity index (χ0) is 21.0. The lowest BCUT2D eigenvalue weighted by atomic mass is 10.0. The molecule has 0 unspecified atom stereocenters. The molecule has 0 spiro atoms. The van der Waals surface area contributed by atoms with Gasteiger partial charge in [0.15, 0.2) is 0 Å². The van der Waals surface area contributed by atoms with Crippen molar-refractivity contribution in [1.29, 1.82) is 0 Å². The molecule has 0 radical (unpaired) electrons. The Morgan fingerprint density at radius 1 is 1.10 bits per heavy atom. The van der Waals surface area contributed by atoms with E-state index >= 15 is 0 Å². The highest BCUT2D eigenvalue weighted by Gasteiger charge is 2.20. The van der Waals surface area contributed by atoms with Crippen molar-refractivity contribution in [2.75, 3.05) is 11.9 Å². The molecule has 1 atom stereocenters. The number of nitrogens with zero attached hydrogens (tertiary/aromatic N) is 1. The Kier molecular flexibility index (Phi) is 6.41. The number of aryl methyl sites for hydroxylation is 3. The predicted octanol–water partition coefficient (Wildman–Crippen LogP) is 4.90. The van der Waals surface area contributed by atoms with E-state index in [0.29, 0.717) is 0 Å². The standard InChI is InChI=1S/C22H23N3O3S/c1-14-6-8-17(9-7-14)22(20-5-4-10-29-20)23-13-21(26)24-18-11-15(2)16(3)12-19(18)25(27)28/h4-12,22-23H,13H2,1-3H3,(H,24,26)/t22-/m1/s1. The highest BCUT2D eigenvalue weighted by molar-refractivity contribution is 7.10. The zero-order valence-corrected chi connectivity index (χ0v) is 17.4. The average molecular weight is 410 g/mol. The summed E-state index contributed by atoms with van der Waals surface area (Å²) in [6.07, 6.45) is 0. The first-order valence-corrected chi connectivity index (χ1v) is 10.1. The molecule has 1 heterocycles. The lowest BCUT2D eigenvalue weighted by Crippen LogP contribution is -2.31. The summed E-state index contributed by atoms with van der Waals surface area (Å²) in [5.74, 6) is -0.329. The number of hydrogen-bond acceptors (Lipinski definition) is 5. The molecule has 3 rings (SSSR count). The third-order valence-corrected chi connectivity index (χ3v) is 5.73. The quantitative estimate of drug-likeness (QED) is 0.429. The van der Waals surface area contributed by atoms with Crippen LogP contribution in [0.15, 0.2) is 53.9 Å². The van der Waals surface area contributed by atoms with Gasteiger partial charge < -0.3 is 5.32 Å². The van der Waals surface area contributed by atoms with Gasteiger partial charge in [0.05, 0.1) is 17.5 Å². The van der Waals surface area contributed by atoms with Crippen molar-refractivity contribution < 1.29 is 9.72 Å². The monoisotopic (exact) mass is 409 g/mol. The molecule has 1 aromatic heterocycles. The molecule has 2 aromatic carbocycles. The molecule has 0 aliphatic carbocycles. The molecule has 2 N–H and O–H groups in total. The Hall–Kier alpha value is -3.03. The van der Waals surface area contributed by atoms with Crippen molar-refractivity contribution in [2.24, 2.45) is 0 Å². The molecule has 6 nitrogen and oxygen atoms in total. The number of rotatable bonds is 7. The van der Waals surface area contributed by atoms with Gasteiger partial charge >= 0.3 is 0 Å². The second kappa shape index (κ2) is 8.98. The van der Waals surface area contributed by atoms with E-state index in [4.69, 9.17) is 0 Å². The third kappa shape index (κ3) is 5.07. The first-order valence-electron chi connectivity index (χ1n) is 9.24. The highest BCUT2D eigenvalue weighted by atomic mass is 32.1. The SMILES string of the molecule is Cc1ccc([C@@H](NCC(=O)Nc2cc(C)c(C)cc2[N+](=O)[O-])c2cccs2)cc1. The van der Waals surface area contributed by atoms with Crippen molar-refractivity contribution >= 4 is 28.6 Å². The molecular weight excluding hydrogens is 386 g/mol. The Morgan fingerprint density at radius 2 is 1.79 bits per heavy atom. The summed E-state index contributed by atoms with van der Waals surface area (Å²) < 4.78 is 0. The fourth-order valence-electron chi connectivity index (χ4n) is 3.04. The normalized spacial score (nSPS) is 11.8. The van der Waals surface area contributed by atoms with Gasteiger partial charge in [0.2, 0.25) is 5.91 Å². The van der Waals surface area contributed by atoms with Gasteiger partial charge in [-0.3, -0.25) is 20.2 Å². The molecular formula is C22H23N3O3S. The van der Waals surface area contributed by atoms with E-state index in [1.165, 1.54) is 11.6 Å². The van der Waals surface area contributed by atoms with E-state index in [0.717, 1.165) is 21.6 Å². The number of carbonyl (C=O) groups is 1. The first-order chi connectivity index (χ1) is 13.8. The van der Waals surface area contributed by atoms with Crippen LogP contribution in [0.4, 0.5) is 11.4 Å². The summed E-state index contributed by atoms with van der Waals surface area (Å²) in [6.45, 7) is 5.72. The number of nitro groups is 1. The summed E-state index contributed by atoms with van der Waals surface area (Å²) in [5.41, 5.74) is 4.03. The molecule has 0 aliphatic rings. The van der Waals surface area contributed by atoms with Crippen molar-refractivity contribution in [3.8, 4) is 0 Å².